The number of rotatable bonds is 5. The van der Waals surface area contributed by atoms with Gasteiger partial charge >= 0.3 is 0 Å². The average molecular weight is 274 g/mol. The first-order valence-corrected chi connectivity index (χ1v) is 6.07. The zero-order chi connectivity index (χ0) is 14.5. The molecule has 4 nitrogen and oxygen atoms in total. The van der Waals surface area contributed by atoms with Gasteiger partial charge < -0.3 is 15.8 Å². The van der Waals surface area contributed by atoms with E-state index in [2.05, 4.69) is 5.32 Å². The average Bonchev–Trinajstić information content (AvgIpc) is 2.45. The van der Waals surface area contributed by atoms with Crippen molar-refractivity contribution >= 4 is 11.6 Å². The van der Waals surface area contributed by atoms with Crippen LogP contribution in [0.15, 0.2) is 42.5 Å². The molecule has 0 bridgehead atoms. The molecule has 2 rings (SSSR count). The summed E-state index contributed by atoms with van der Waals surface area (Å²) in [6, 6.07) is 11.6. The van der Waals surface area contributed by atoms with E-state index < -0.39 is 11.7 Å². The predicted octanol–water partition coefficient (Wildman–Crippen LogP) is 2.55. The molecule has 0 saturated heterocycles. The molecule has 2 aromatic carbocycles. The summed E-state index contributed by atoms with van der Waals surface area (Å²) in [5, 5.41) is 3.05. The van der Waals surface area contributed by atoms with Crippen LogP contribution in [-0.4, -0.2) is 13.0 Å². The van der Waals surface area contributed by atoms with E-state index in [1.807, 2.05) is 6.07 Å². The highest BCUT2D eigenvalue weighted by atomic mass is 19.1. The van der Waals surface area contributed by atoms with Crippen molar-refractivity contribution in [1.82, 2.24) is 0 Å². The Morgan fingerprint density at radius 1 is 1.30 bits per heavy atom. The second-order valence-electron chi connectivity index (χ2n) is 4.22. The highest BCUT2D eigenvalue weighted by Crippen LogP contribution is 2.21. The molecule has 3 N–H and O–H groups in total. The quantitative estimate of drug-likeness (QED) is 0.880. The van der Waals surface area contributed by atoms with Crippen LogP contribution in [0.25, 0.3) is 0 Å². The zero-order valence-corrected chi connectivity index (χ0v) is 11.0. The summed E-state index contributed by atoms with van der Waals surface area (Å²) in [7, 11) is 1.41. The maximum absolute atomic E-state index is 13.5. The number of anilines is 1. The summed E-state index contributed by atoms with van der Waals surface area (Å²) in [4.78, 5) is 11.3. The van der Waals surface area contributed by atoms with Crippen molar-refractivity contribution in [1.29, 1.82) is 0 Å². The lowest BCUT2D eigenvalue weighted by atomic mass is 10.1. The minimum Gasteiger partial charge on any atom is -0.494 e. The monoisotopic (exact) mass is 274 g/mol. The summed E-state index contributed by atoms with van der Waals surface area (Å²) < 4.78 is 18.4. The lowest BCUT2D eigenvalue weighted by Gasteiger charge is -2.10. The van der Waals surface area contributed by atoms with Gasteiger partial charge in [0.05, 0.1) is 7.11 Å². The van der Waals surface area contributed by atoms with Crippen molar-refractivity contribution < 1.29 is 13.9 Å². The number of carbonyl (C=O) groups is 1. The number of amides is 1. The third-order valence-corrected chi connectivity index (χ3v) is 2.92. The standard InChI is InChI=1S/C15H15FN2O2/c1-20-14-7-6-11(8-13(14)16)18-9-10-4-2-3-5-12(10)15(17)19/h2-8,18H,9H2,1H3,(H2,17,19). The predicted molar refractivity (Wildman–Crippen MR) is 75.2 cm³/mol. The highest BCUT2D eigenvalue weighted by molar-refractivity contribution is 5.94. The van der Waals surface area contributed by atoms with E-state index in [0.29, 0.717) is 17.8 Å². The molecule has 0 aliphatic rings. The van der Waals surface area contributed by atoms with Gasteiger partial charge in [-0.15, -0.1) is 0 Å². The minimum absolute atomic E-state index is 0.188. The van der Waals surface area contributed by atoms with Gasteiger partial charge in [0.25, 0.3) is 0 Å². The van der Waals surface area contributed by atoms with Gasteiger partial charge in [-0.1, -0.05) is 18.2 Å². The van der Waals surface area contributed by atoms with Gasteiger partial charge in [-0.05, 0) is 23.8 Å². The lowest BCUT2D eigenvalue weighted by molar-refractivity contribution is 0.0999. The molecule has 1 amide bonds. The number of benzene rings is 2. The molecule has 0 aliphatic heterocycles. The Bertz CT molecular complexity index is 629. The zero-order valence-electron chi connectivity index (χ0n) is 11.0. The molecule has 0 heterocycles. The van der Waals surface area contributed by atoms with Crippen LogP contribution in [0.2, 0.25) is 0 Å². The molecule has 20 heavy (non-hydrogen) atoms. The van der Waals surface area contributed by atoms with Gasteiger partial charge in [0.15, 0.2) is 11.6 Å². The summed E-state index contributed by atoms with van der Waals surface area (Å²) in [6.45, 7) is 0.380. The van der Waals surface area contributed by atoms with Crippen molar-refractivity contribution in [2.24, 2.45) is 5.73 Å². The van der Waals surface area contributed by atoms with E-state index in [0.717, 1.165) is 5.56 Å². The summed E-state index contributed by atoms with van der Waals surface area (Å²) in [5.74, 6) is -0.739. The molecule has 2 aromatic rings. The third kappa shape index (κ3) is 3.06. The van der Waals surface area contributed by atoms with Crippen molar-refractivity contribution in [3.05, 3.63) is 59.4 Å². The van der Waals surface area contributed by atoms with Crippen LogP contribution in [0.3, 0.4) is 0 Å². The van der Waals surface area contributed by atoms with Gasteiger partial charge in [0, 0.05) is 23.9 Å². The molecule has 0 aliphatic carbocycles. The van der Waals surface area contributed by atoms with Crippen molar-refractivity contribution in [3.63, 3.8) is 0 Å². The Balaban J connectivity index is 2.13. The molecule has 0 unspecified atom stereocenters. The first-order valence-electron chi connectivity index (χ1n) is 6.07. The Kier molecular flexibility index (Phi) is 4.20. The van der Waals surface area contributed by atoms with Crippen LogP contribution < -0.4 is 15.8 Å². The number of carbonyl (C=O) groups excluding carboxylic acids is 1. The molecule has 0 spiro atoms. The Morgan fingerprint density at radius 3 is 2.70 bits per heavy atom. The Labute approximate surface area is 116 Å². The van der Waals surface area contributed by atoms with Crippen LogP contribution in [-0.2, 0) is 6.54 Å². The summed E-state index contributed by atoms with van der Waals surface area (Å²) >= 11 is 0. The van der Waals surface area contributed by atoms with Crippen LogP contribution >= 0.6 is 0 Å². The van der Waals surface area contributed by atoms with Crippen LogP contribution in [0.1, 0.15) is 15.9 Å². The van der Waals surface area contributed by atoms with Gasteiger partial charge in [0.2, 0.25) is 5.91 Å². The number of hydrogen-bond acceptors (Lipinski definition) is 3. The lowest BCUT2D eigenvalue weighted by Crippen LogP contribution is -2.15. The summed E-state index contributed by atoms with van der Waals surface area (Å²) in [6.07, 6.45) is 0. The number of primary amides is 1. The molecule has 0 saturated carbocycles. The smallest absolute Gasteiger partial charge is 0.249 e. The van der Waals surface area contributed by atoms with Gasteiger partial charge in [-0.2, -0.15) is 0 Å². The van der Waals surface area contributed by atoms with Crippen LogP contribution in [0, 0.1) is 5.82 Å². The Morgan fingerprint density at radius 2 is 2.05 bits per heavy atom. The molecule has 0 atom stereocenters. The van der Waals surface area contributed by atoms with E-state index in [9.17, 15) is 9.18 Å². The molecular weight excluding hydrogens is 259 g/mol. The van der Waals surface area contributed by atoms with E-state index in [1.165, 1.54) is 19.2 Å². The fourth-order valence-electron chi connectivity index (χ4n) is 1.89. The molecule has 5 heteroatoms. The highest BCUT2D eigenvalue weighted by Gasteiger charge is 2.07. The number of methoxy groups -OCH3 is 1. The first-order chi connectivity index (χ1) is 9.61. The number of halogens is 1. The second-order valence-corrected chi connectivity index (χ2v) is 4.22. The van der Waals surface area contributed by atoms with Crippen molar-refractivity contribution in [2.75, 3.05) is 12.4 Å². The molecular formula is C15H15FN2O2. The first kappa shape index (κ1) is 13.9. The van der Waals surface area contributed by atoms with Gasteiger partial charge in [0.1, 0.15) is 0 Å². The Hall–Kier alpha value is -2.56. The number of hydrogen-bond donors (Lipinski definition) is 2. The van der Waals surface area contributed by atoms with Crippen LogP contribution in [0.5, 0.6) is 5.75 Å². The molecule has 0 radical (unpaired) electrons. The summed E-state index contributed by atoms with van der Waals surface area (Å²) in [5.41, 5.74) is 7.12. The normalized spacial score (nSPS) is 10.1. The third-order valence-electron chi connectivity index (χ3n) is 2.92. The molecule has 104 valence electrons. The largest absolute Gasteiger partial charge is 0.494 e. The van der Waals surface area contributed by atoms with Crippen LogP contribution in [0.4, 0.5) is 10.1 Å². The second kappa shape index (κ2) is 6.06. The van der Waals surface area contributed by atoms with E-state index in [-0.39, 0.29) is 5.75 Å². The number of nitrogens with one attached hydrogen (secondary N) is 1. The van der Waals surface area contributed by atoms with E-state index >= 15 is 0 Å². The fourth-order valence-corrected chi connectivity index (χ4v) is 1.89. The molecule has 0 aromatic heterocycles. The van der Waals surface area contributed by atoms with Gasteiger partial charge in [-0.25, -0.2) is 4.39 Å². The maximum atomic E-state index is 13.5. The SMILES string of the molecule is COc1ccc(NCc2ccccc2C(N)=O)cc1F. The van der Waals surface area contributed by atoms with Gasteiger partial charge in [-0.3, -0.25) is 4.79 Å². The minimum atomic E-state index is -0.483. The topological polar surface area (TPSA) is 64.3 Å². The fraction of sp³-hybridized carbons (Fsp3) is 0.133. The van der Waals surface area contributed by atoms with E-state index in [4.69, 9.17) is 10.5 Å². The van der Waals surface area contributed by atoms with Crippen molar-refractivity contribution in [2.45, 2.75) is 6.54 Å². The van der Waals surface area contributed by atoms with Crippen molar-refractivity contribution in [3.8, 4) is 5.75 Å². The number of ether oxygens (including phenoxy) is 1. The number of nitrogens with two attached hydrogens (primary N) is 1. The van der Waals surface area contributed by atoms with E-state index in [1.54, 1.807) is 24.3 Å². The maximum Gasteiger partial charge on any atom is 0.249 e. The molecule has 0 fully saturated rings.